The molecule has 168 valence electrons. The minimum atomic E-state index is -0.389. The van der Waals surface area contributed by atoms with E-state index in [1.807, 2.05) is 90.3 Å². The second-order valence-corrected chi connectivity index (χ2v) is 9.04. The van der Waals surface area contributed by atoms with Crippen molar-refractivity contribution in [3.05, 3.63) is 120 Å². The molecule has 6 aromatic rings. The second-order valence-electron chi connectivity index (χ2n) is 8.19. The molecule has 0 unspecified atom stereocenters. The summed E-state index contributed by atoms with van der Waals surface area (Å²) in [6.07, 6.45) is 0. The van der Waals surface area contributed by atoms with Crippen molar-refractivity contribution >= 4 is 39.0 Å². The van der Waals surface area contributed by atoms with Crippen molar-refractivity contribution in [2.75, 3.05) is 0 Å². The number of nitrogens with zero attached hydrogens (tertiary/aromatic N) is 2. The third kappa shape index (κ3) is 4.18. The first-order chi connectivity index (χ1) is 17.3. The molecular formula is C30H20N2O2S. The molecule has 0 amide bonds. The molecule has 0 N–H and O–H groups in total. The van der Waals surface area contributed by atoms with E-state index in [0.717, 1.165) is 49.2 Å². The fourth-order valence-corrected chi connectivity index (χ4v) is 5.05. The van der Waals surface area contributed by atoms with Crippen LogP contribution in [-0.2, 0) is 11.3 Å². The van der Waals surface area contributed by atoms with Crippen LogP contribution in [0.2, 0.25) is 0 Å². The molecule has 0 radical (unpaired) electrons. The molecule has 0 saturated heterocycles. The summed E-state index contributed by atoms with van der Waals surface area (Å²) < 4.78 is 5.73. The van der Waals surface area contributed by atoms with Gasteiger partial charge in [0.25, 0.3) is 0 Å². The number of para-hydroxylation sites is 1. The number of hydrogen-bond acceptors (Lipinski definition) is 5. The third-order valence-electron chi connectivity index (χ3n) is 5.93. The van der Waals surface area contributed by atoms with Crippen molar-refractivity contribution in [1.29, 1.82) is 0 Å². The maximum absolute atomic E-state index is 13.3. The summed E-state index contributed by atoms with van der Waals surface area (Å²) in [5.74, 6) is -0.389. The van der Waals surface area contributed by atoms with E-state index in [4.69, 9.17) is 9.72 Å². The van der Waals surface area contributed by atoms with Crippen LogP contribution in [0.4, 0.5) is 0 Å². The lowest BCUT2D eigenvalue weighted by molar-refractivity contribution is 0.0471. The molecule has 0 aliphatic rings. The van der Waals surface area contributed by atoms with Crippen LogP contribution in [0.5, 0.6) is 0 Å². The molecule has 0 atom stereocenters. The zero-order valence-corrected chi connectivity index (χ0v) is 19.5. The Morgan fingerprint density at radius 3 is 2.40 bits per heavy atom. The Bertz CT molecular complexity index is 1670. The summed E-state index contributed by atoms with van der Waals surface area (Å²) in [4.78, 5) is 22.8. The number of fused-ring (bicyclic) bond motifs is 2. The van der Waals surface area contributed by atoms with Gasteiger partial charge in [0.1, 0.15) is 11.6 Å². The number of carbonyl (C=O) groups is 1. The molecule has 0 bridgehead atoms. The maximum Gasteiger partial charge on any atom is 0.339 e. The summed E-state index contributed by atoms with van der Waals surface area (Å²) in [6.45, 7) is 0.114. The lowest BCUT2D eigenvalue weighted by Gasteiger charge is -2.11. The summed E-state index contributed by atoms with van der Waals surface area (Å²) >= 11 is 1.54. The largest absolute Gasteiger partial charge is 0.456 e. The van der Waals surface area contributed by atoms with E-state index in [1.165, 1.54) is 0 Å². The van der Waals surface area contributed by atoms with Crippen molar-refractivity contribution in [1.82, 2.24) is 9.97 Å². The van der Waals surface area contributed by atoms with Gasteiger partial charge in [-0.15, -0.1) is 11.3 Å². The smallest absolute Gasteiger partial charge is 0.339 e. The normalized spacial score (nSPS) is 11.1. The fourth-order valence-electron chi connectivity index (χ4n) is 4.23. The van der Waals surface area contributed by atoms with Gasteiger partial charge in [0.15, 0.2) is 0 Å². The molecule has 0 spiro atoms. The van der Waals surface area contributed by atoms with Gasteiger partial charge >= 0.3 is 5.97 Å². The van der Waals surface area contributed by atoms with E-state index in [0.29, 0.717) is 5.56 Å². The molecule has 2 aromatic heterocycles. The topological polar surface area (TPSA) is 52.1 Å². The van der Waals surface area contributed by atoms with E-state index in [2.05, 4.69) is 23.2 Å². The summed E-state index contributed by atoms with van der Waals surface area (Å²) in [6, 6.07) is 33.8. The Kier molecular flexibility index (Phi) is 5.53. The first-order valence-electron chi connectivity index (χ1n) is 11.3. The van der Waals surface area contributed by atoms with E-state index in [1.54, 1.807) is 11.3 Å². The standard InChI is InChI=1S/C30H20N2O2S/c33-30(34-18-22-19-35-29(31-22)21-10-2-1-3-11-21)26-17-28(32-27-16-7-6-14-25(26)27)24-15-8-12-20-9-4-5-13-23(20)24/h1-17,19H,18H2. The molecule has 5 heteroatoms. The second kappa shape index (κ2) is 9.12. The molecule has 6 rings (SSSR count). The van der Waals surface area contributed by atoms with Crippen LogP contribution in [0.25, 0.3) is 43.5 Å². The van der Waals surface area contributed by atoms with E-state index in [-0.39, 0.29) is 12.6 Å². The van der Waals surface area contributed by atoms with E-state index >= 15 is 0 Å². The van der Waals surface area contributed by atoms with Gasteiger partial charge in [0.2, 0.25) is 0 Å². The summed E-state index contributed by atoms with van der Waals surface area (Å²) in [7, 11) is 0. The predicted molar refractivity (Wildman–Crippen MR) is 141 cm³/mol. The van der Waals surface area contributed by atoms with Crippen molar-refractivity contribution in [3.8, 4) is 21.8 Å². The number of aromatic nitrogens is 2. The number of thiazole rings is 1. The van der Waals surface area contributed by atoms with Crippen LogP contribution >= 0.6 is 11.3 Å². The van der Waals surface area contributed by atoms with Gasteiger partial charge in [0, 0.05) is 21.9 Å². The number of rotatable bonds is 5. The number of ether oxygens (including phenoxy) is 1. The minimum absolute atomic E-state index is 0.114. The van der Waals surface area contributed by atoms with E-state index < -0.39 is 0 Å². The monoisotopic (exact) mass is 472 g/mol. The predicted octanol–water partition coefficient (Wildman–Crippen LogP) is 7.54. The maximum atomic E-state index is 13.3. The molecule has 4 aromatic carbocycles. The van der Waals surface area contributed by atoms with Crippen molar-refractivity contribution in [3.63, 3.8) is 0 Å². The van der Waals surface area contributed by atoms with Crippen LogP contribution in [0.3, 0.4) is 0 Å². The number of carbonyl (C=O) groups excluding carboxylic acids is 1. The molecular weight excluding hydrogens is 452 g/mol. The van der Waals surface area contributed by atoms with Crippen LogP contribution in [-0.4, -0.2) is 15.9 Å². The number of hydrogen-bond donors (Lipinski definition) is 0. The summed E-state index contributed by atoms with van der Waals surface area (Å²) in [5, 5.41) is 5.82. The average Bonchev–Trinajstić information content (AvgIpc) is 3.40. The fraction of sp³-hybridized carbons (Fsp3) is 0.0333. The number of esters is 1. The third-order valence-corrected chi connectivity index (χ3v) is 6.87. The van der Waals surface area contributed by atoms with Gasteiger partial charge in [-0.2, -0.15) is 0 Å². The Balaban J connectivity index is 1.34. The van der Waals surface area contributed by atoms with Crippen LogP contribution < -0.4 is 0 Å². The number of benzene rings is 4. The van der Waals surface area contributed by atoms with Crippen molar-refractivity contribution in [2.24, 2.45) is 0 Å². The van der Waals surface area contributed by atoms with Crippen LogP contribution in [0.1, 0.15) is 16.1 Å². The quantitative estimate of drug-likeness (QED) is 0.243. The highest BCUT2D eigenvalue weighted by Gasteiger charge is 2.17. The zero-order chi connectivity index (χ0) is 23.6. The Morgan fingerprint density at radius 2 is 1.51 bits per heavy atom. The molecule has 35 heavy (non-hydrogen) atoms. The molecule has 4 nitrogen and oxygen atoms in total. The van der Waals surface area contributed by atoms with Gasteiger partial charge < -0.3 is 4.74 Å². The Hall–Kier alpha value is -4.35. The average molecular weight is 473 g/mol. The Labute approximate surface area is 206 Å². The summed E-state index contributed by atoms with van der Waals surface area (Å²) in [5.41, 5.74) is 4.76. The minimum Gasteiger partial charge on any atom is -0.456 e. The first-order valence-corrected chi connectivity index (χ1v) is 12.2. The SMILES string of the molecule is O=C(OCc1csc(-c2ccccc2)n1)c1cc(-c2cccc3ccccc23)nc2ccccc12. The molecule has 2 heterocycles. The molecule has 0 aliphatic carbocycles. The lowest BCUT2D eigenvalue weighted by Crippen LogP contribution is -2.07. The lowest BCUT2D eigenvalue weighted by atomic mass is 9.99. The van der Waals surface area contributed by atoms with Gasteiger partial charge in [-0.1, -0.05) is 91.0 Å². The van der Waals surface area contributed by atoms with Gasteiger partial charge in [0.05, 0.1) is 22.5 Å². The van der Waals surface area contributed by atoms with Gasteiger partial charge in [-0.3, -0.25) is 0 Å². The van der Waals surface area contributed by atoms with Crippen molar-refractivity contribution in [2.45, 2.75) is 6.61 Å². The van der Waals surface area contributed by atoms with Crippen LogP contribution in [0, 0.1) is 0 Å². The highest BCUT2D eigenvalue weighted by molar-refractivity contribution is 7.13. The highest BCUT2D eigenvalue weighted by Crippen LogP contribution is 2.31. The van der Waals surface area contributed by atoms with E-state index in [9.17, 15) is 4.79 Å². The van der Waals surface area contributed by atoms with Gasteiger partial charge in [-0.05, 0) is 22.9 Å². The van der Waals surface area contributed by atoms with Gasteiger partial charge in [-0.25, -0.2) is 14.8 Å². The van der Waals surface area contributed by atoms with Crippen molar-refractivity contribution < 1.29 is 9.53 Å². The highest BCUT2D eigenvalue weighted by atomic mass is 32.1. The van der Waals surface area contributed by atoms with Crippen LogP contribution in [0.15, 0.2) is 109 Å². The molecule has 0 aliphatic heterocycles. The molecule has 0 saturated carbocycles. The molecule has 0 fully saturated rings. The first kappa shape index (κ1) is 21.2. The zero-order valence-electron chi connectivity index (χ0n) is 18.7. The Morgan fingerprint density at radius 1 is 0.771 bits per heavy atom. The number of pyridine rings is 1.